The van der Waals surface area contributed by atoms with Gasteiger partial charge in [0, 0.05) is 24.7 Å². The van der Waals surface area contributed by atoms with E-state index in [1.54, 1.807) is 4.90 Å². The topological polar surface area (TPSA) is 55.6 Å². The van der Waals surface area contributed by atoms with Gasteiger partial charge in [0.15, 0.2) is 0 Å². The average Bonchev–Trinajstić information content (AvgIpc) is 2.45. The largest absolute Gasteiger partial charge is 0.573 e. The fraction of sp³-hybridized carbons (Fsp3) is 0.533. The Kier molecular flexibility index (Phi) is 6.70. The summed E-state index contributed by atoms with van der Waals surface area (Å²) in [6.07, 6.45) is -3.11. The van der Waals surface area contributed by atoms with E-state index in [4.69, 9.17) is 5.73 Å². The molecule has 2 unspecified atom stereocenters. The van der Waals surface area contributed by atoms with E-state index in [9.17, 15) is 18.0 Å². The SMILES string of the molecule is CC1CCN(C(=O)c2cccc(OC(F)(F)F)c2)C(CN)C1.Cl. The number of ether oxygens (including phenoxy) is 1. The van der Waals surface area contributed by atoms with Crippen LogP contribution in [0, 0.1) is 5.92 Å². The highest BCUT2D eigenvalue weighted by Gasteiger charge is 2.32. The van der Waals surface area contributed by atoms with Crippen LogP contribution in [0.2, 0.25) is 0 Å². The minimum Gasteiger partial charge on any atom is -0.406 e. The molecular formula is C15H20ClF3N2O2. The molecule has 0 saturated carbocycles. The number of carbonyl (C=O) groups excluding carboxylic acids is 1. The quantitative estimate of drug-likeness (QED) is 0.908. The second-order valence-electron chi connectivity index (χ2n) is 5.59. The summed E-state index contributed by atoms with van der Waals surface area (Å²) < 4.78 is 40.6. The van der Waals surface area contributed by atoms with Gasteiger partial charge in [0.25, 0.3) is 5.91 Å². The van der Waals surface area contributed by atoms with Gasteiger partial charge in [-0.25, -0.2) is 0 Å². The predicted octanol–water partition coefficient (Wildman–Crippen LogP) is 3.21. The Morgan fingerprint density at radius 1 is 1.43 bits per heavy atom. The molecule has 0 aromatic heterocycles. The Hall–Kier alpha value is -1.47. The third-order valence-electron chi connectivity index (χ3n) is 3.83. The number of nitrogens with two attached hydrogens (primary N) is 1. The van der Waals surface area contributed by atoms with Crippen molar-refractivity contribution in [2.75, 3.05) is 13.1 Å². The first-order chi connectivity index (χ1) is 10.3. The lowest BCUT2D eigenvalue weighted by Crippen LogP contribution is -2.49. The highest BCUT2D eigenvalue weighted by Crippen LogP contribution is 2.26. The van der Waals surface area contributed by atoms with E-state index in [1.807, 2.05) is 0 Å². The van der Waals surface area contributed by atoms with Crippen LogP contribution in [0.15, 0.2) is 24.3 Å². The number of likely N-dealkylation sites (tertiary alicyclic amines) is 1. The highest BCUT2D eigenvalue weighted by atomic mass is 35.5. The van der Waals surface area contributed by atoms with E-state index < -0.39 is 12.1 Å². The van der Waals surface area contributed by atoms with Crippen LogP contribution in [0.25, 0.3) is 0 Å². The van der Waals surface area contributed by atoms with Gasteiger partial charge in [0.05, 0.1) is 0 Å². The molecule has 1 fully saturated rings. The zero-order chi connectivity index (χ0) is 16.3. The Morgan fingerprint density at radius 2 is 2.13 bits per heavy atom. The molecule has 1 aliphatic heterocycles. The summed E-state index contributed by atoms with van der Waals surface area (Å²) in [6, 6.07) is 5.06. The van der Waals surface area contributed by atoms with E-state index in [2.05, 4.69) is 11.7 Å². The lowest BCUT2D eigenvalue weighted by atomic mass is 9.92. The van der Waals surface area contributed by atoms with Crippen molar-refractivity contribution in [3.63, 3.8) is 0 Å². The molecule has 1 heterocycles. The van der Waals surface area contributed by atoms with Crippen LogP contribution in [-0.4, -0.2) is 36.3 Å². The van der Waals surface area contributed by atoms with Gasteiger partial charge in [-0.15, -0.1) is 25.6 Å². The second kappa shape index (κ2) is 7.88. The first-order valence-electron chi connectivity index (χ1n) is 7.17. The Balaban J connectivity index is 0.00000264. The molecule has 0 radical (unpaired) electrons. The number of hydrogen-bond donors (Lipinski definition) is 1. The van der Waals surface area contributed by atoms with E-state index in [1.165, 1.54) is 18.2 Å². The number of hydrogen-bond acceptors (Lipinski definition) is 3. The van der Waals surface area contributed by atoms with Crippen molar-refractivity contribution in [2.45, 2.75) is 32.2 Å². The molecule has 1 saturated heterocycles. The van der Waals surface area contributed by atoms with Gasteiger partial charge < -0.3 is 15.4 Å². The third kappa shape index (κ3) is 5.28. The van der Waals surface area contributed by atoms with Gasteiger partial charge in [0.2, 0.25) is 0 Å². The fourth-order valence-electron chi connectivity index (χ4n) is 2.73. The van der Waals surface area contributed by atoms with Crippen molar-refractivity contribution in [2.24, 2.45) is 11.7 Å². The predicted molar refractivity (Wildman–Crippen MR) is 82.6 cm³/mol. The monoisotopic (exact) mass is 352 g/mol. The van der Waals surface area contributed by atoms with E-state index >= 15 is 0 Å². The second-order valence-corrected chi connectivity index (χ2v) is 5.59. The summed E-state index contributed by atoms with van der Waals surface area (Å²) in [5.74, 6) is -0.222. The molecule has 4 nitrogen and oxygen atoms in total. The first kappa shape index (κ1) is 19.6. The third-order valence-corrected chi connectivity index (χ3v) is 3.83. The molecule has 0 aliphatic carbocycles. The number of nitrogens with zero attached hydrogens (tertiary/aromatic N) is 1. The zero-order valence-electron chi connectivity index (χ0n) is 12.7. The number of rotatable bonds is 3. The maximum Gasteiger partial charge on any atom is 0.573 e. The summed E-state index contributed by atoms with van der Waals surface area (Å²) in [5, 5.41) is 0. The summed E-state index contributed by atoms with van der Waals surface area (Å²) in [4.78, 5) is 14.2. The van der Waals surface area contributed by atoms with E-state index in [0.717, 1.165) is 18.9 Å². The molecule has 23 heavy (non-hydrogen) atoms. The average molecular weight is 353 g/mol. The minimum atomic E-state index is -4.78. The number of alkyl halides is 3. The van der Waals surface area contributed by atoms with Crippen molar-refractivity contribution in [3.8, 4) is 5.75 Å². The summed E-state index contributed by atoms with van der Waals surface area (Å²) in [5.41, 5.74) is 5.89. The molecule has 2 rings (SSSR count). The molecule has 2 N–H and O–H groups in total. The molecule has 1 aromatic carbocycles. The van der Waals surface area contributed by atoms with Gasteiger partial charge in [-0.3, -0.25) is 4.79 Å². The van der Waals surface area contributed by atoms with Crippen molar-refractivity contribution in [1.82, 2.24) is 4.90 Å². The van der Waals surface area contributed by atoms with Crippen molar-refractivity contribution >= 4 is 18.3 Å². The Labute approximate surface area is 139 Å². The van der Waals surface area contributed by atoms with Crippen LogP contribution >= 0.6 is 12.4 Å². The Bertz CT molecular complexity index is 540. The summed E-state index contributed by atoms with van der Waals surface area (Å²) >= 11 is 0. The standard InChI is InChI=1S/C15H19F3N2O2.ClH/c1-10-5-6-20(12(7-10)9-19)14(21)11-3-2-4-13(8-11)22-15(16,17)18;/h2-4,8,10,12H,5-7,9,19H2,1H3;1H. The van der Waals surface area contributed by atoms with Crippen molar-refractivity contribution in [1.29, 1.82) is 0 Å². The van der Waals surface area contributed by atoms with Crippen LogP contribution in [0.3, 0.4) is 0 Å². The molecule has 2 atom stereocenters. The van der Waals surface area contributed by atoms with Gasteiger partial charge in [-0.05, 0) is 37.0 Å². The normalized spacial score (nSPS) is 21.5. The van der Waals surface area contributed by atoms with Crippen LogP contribution in [0.5, 0.6) is 5.75 Å². The summed E-state index contributed by atoms with van der Waals surface area (Å²) in [7, 11) is 0. The molecule has 1 aromatic rings. The zero-order valence-corrected chi connectivity index (χ0v) is 13.5. The molecule has 1 aliphatic rings. The lowest BCUT2D eigenvalue weighted by Gasteiger charge is -2.38. The summed E-state index contributed by atoms with van der Waals surface area (Å²) in [6.45, 7) is 3.00. The molecule has 8 heteroatoms. The first-order valence-corrected chi connectivity index (χ1v) is 7.17. The molecule has 0 bridgehead atoms. The maximum atomic E-state index is 12.5. The van der Waals surface area contributed by atoms with Crippen molar-refractivity contribution < 1.29 is 22.7 Å². The minimum absolute atomic E-state index is 0. The van der Waals surface area contributed by atoms with Gasteiger partial charge in [0.1, 0.15) is 5.75 Å². The number of amides is 1. The number of halogens is 4. The van der Waals surface area contributed by atoms with E-state index in [-0.39, 0.29) is 29.9 Å². The number of piperidine rings is 1. The number of carbonyl (C=O) groups is 1. The molecular weight excluding hydrogens is 333 g/mol. The van der Waals surface area contributed by atoms with Crippen LogP contribution < -0.4 is 10.5 Å². The van der Waals surface area contributed by atoms with Gasteiger partial charge in [-0.2, -0.15) is 0 Å². The highest BCUT2D eigenvalue weighted by molar-refractivity contribution is 5.95. The van der Waals surface area contributed by atoms with Crippen LogP contribution in [-0.2, 0) is 0 Å². The molecule has 130 valence electrons. The van der Waals surface area contributed by atoms with Crippen LogP contribution in [0.4, 0.5) is 13.2 Å². The van der Waals surface area contributed by atoms with Gasteiger partial charge >= 0.3 is 6.36 Å². The van der Waals surface area contributed by atoms with Gasteiger partial charge in [-0.1, -0.05) is 13.0 Å². The van der Waals surface area contributed by atoms with Crippen LogP contribution in [0.1, 0.15) is 30.1 Å². The smallest absolute Gasteiger partial charge is 0.406 e. The van der Waals surface area contributed by atoms with Crippen molar-refractivity contribution in [3.05, 3.63) is 29.8 Å². The lowest BCUT2D eigenvalue weighted by molar-refractivity contribution is -0.274. The molecule has 1 amide bonds. The maximum absolute atomic E-state index is 12.5. The Morgan fingerprint density at radius 3 is 2.74 bits per heavy atom. The van der Waals surface area contributed by atoms with E-state index in [0.29, 0.717) is 19.0 Å². The number of benzene rings is 1. The fourth-order valence-corrected chi connectivity index (χ4v) is 2.73. The molecule has 0 spiro atoms.